The van der Waals surface area contributed by atoms with Gasteiger partial charge in [0.25, 0.3) is 0 Å². The Balaban J connectivity index is 1.76. The number of likely N-dealkylation sites (tertiary alicyclic amines) is 1. The lowest BCUT2D eigenvalue weighted by molar-refractivity contribution is -0.0331. The molecule has 4 nitrogen and oxygen atoms in total. The molecular formula is C17H26ClNO3. The molecule has 1 aliphatic rings. The minimum Gasteiger partial charge on any atom is -0.389 e. The number of benzene rings is 1. The van der Waals surface area contributed by atoms with Gasteiger partial charge >= 0.3 is 0 Å². The zero-order chi connectivity index (χ0) is 16.2. The van der Waals surface area contributed by atoms with E-state index >= 15 is 0 Å². The Labute approximate surface area is 137 Å². The van der Waals surface area contributed by atoms with Crippen molar-refractivity contribution in [2.75, 3.05) is 19.7 Å². The van der Waals surface area contributed by atoms with Crippen LogP contribution in [0.25, 0.3) is 0 Å². The number of β-amino-alcohol motifs (C(OH)–C–C–N with tert-alkyl or cyclic N) is 1. The monoisotopic (exact) mass is 327 g/mol. The molecular weight excluding hydrogens is 302 g/mol. The first kappa shape index (κ1) is 17.7. The molecule has 2 unspecified atom stereocenters. The fourth-order valence-corrected chi connectivity index (χ4v) is 3.28. The lowest BCUT2D eigenvalue weighted by atomic mass is 9.96. The molecule has 1 aromatic rings. The molecule has 2 atom stereocenters. The Kier molecular flexibility index (Phi) is 6.24. The Morgan fingerprint density at radius 3 is 2.82 bits per heavy atom. The molecule has 124 valence electrons. The highest BCUT2D eigenvalue weighted by molar-refractivity contribution is 6.31. The molecule has 1 heterocycles. The van der Waals surface area contributed by atoms with Gasteiger partial charge in [0.15, 0.2) is 0 Å². The van der Waals surface area contributed by atoms with Crippen molar-refractivity contribution >= 4 is 11.6 Å². The lowest BCUT2D eigenvalue weighted by Gasteiger charge is -2.34. The summed E-state index contributed by atoms with van der Waals surface area (Å²) in [5.74, 6) is 0. The zero-order valence-electron chi connectivity index (χ0n) is 13.3. The van der Waals surface area contributed by atoms with Crippen LogP contribution in [0, 0.1) is 0 Å². The summed E-state index contributed by atoms with van der Waals surface area (Å²) in [5, 5.41) is 21.0. The first-order valence-corrected chi connectivity index (χ1v) is 8.21. The third kappa shape index (κ3) is 4.93. The van der Waals surface area contributed by atoms with Gasteiger partial charge in [-0.25, -0.2) is 0 Å². The summed E-state index contributed by atoms with van der Waals surface area (Å²) >= 11 is 6.07. The molecule has 0 radical (unpaired) electrons. The van der Waals surface area contributed by atoms with Crippen LogP contribution in [0.5, 0.6) is 0 Å². The summed E-state index contributed by atoms with van der Waals surface area (Å²) in [6.07, 6.45) is 1.46. The smallest absolute Gasteiger partial charge is 0.0900 e. The molecule has 22 heavy (non-hydrogen) atoms. The second-order valence-electron chi connectivity index (χ2n) is 6.57. The van der Waals surface area contributed by atoms with Crippen molar-refractivity contribution in [2.45, 2.75) is 51.0 Å². The molecule has 0 aromatic heterocycles. The van der Waals surface area contributed by atoms with Crippen LogP contribution in [0.15, 0.2) is 24.3 Å². The summed E-state index contributed by atoms with van der Waals surface area (Å²) in [5.41, 5.74) is 0.182. The van der Waals surface area contributed by atoms with Crippen LogP contribution in [-0.2, 0) is 11.3 Å². The van der Waals surface area contributed by atoms with E-state index < -0.39 is 11.7 Å². The highest BCUT2D eigenvalue weighted by Crippen LogP contribution is 2.26. The van der Waals surface area contributed by atoms with Gasteiger partial charge in [-0.05, 0) is 44.9 Å². The van der Waals surface area contributed by atoms with Crippen LogP contribution >= 0.6 is 11.6 Å². The molecule has 1 aromatic carbocycles. The highest BCUT2D eigenvalue weighted by Gasteiger charge is 2.36. The number of nitrogens with zero attached hydrogens (tertiary/aromatic N) is 1. The molecule has 0 aliphatic carbocycles. The number of aliphatic hydroxyl groups is 2. The SMILES string of the molecule is CC(C)(O)C1CCCN1CC(O)COCc1ccccc1Cl. The minimum absolute atomic E-state index is 0.103. The van der Waals surface area contributed by atoms with E-state index in [2.05, 4.69) is 4.90 Å². The highest BCUT2D eigenvalue weighted by atomic mass is 35.5. The van der Waals surface area contributed by atoms with Gasteiger partial charge in [0.2, 0.25) is 0 Å². The molecule has 2 N–H and O–H groups in total. The number of aliphatic hydroxyl groups excluding tert-OH is 1. The van der Waals surface area contributed by atoms with Gasteiger partial charge in [-0.3, -0.25) is 4.90 Å². The van der Waals surface area contributed by atoms with E-state index in [1.54, 1.807) is 0 Å². The summed E-state index contributed by atoms with van der Waals surface area (Å²) in [6, 6.07) is 7.64. The van der Waals surface area contributed by atoms with E-state index in [-0.39, 0.29) is 12.6 Å². The standard InChI is InChI=1S/C17H26ClNO3/c1-17(2,21)16-8-5-9-19(16)10-14(20)12-22-11-13-6-3-4-7-15(13)18/h3-4,6-7,14,16,20-21H,5,8-12H2,1-2H3. The number of rotatable bonds is 7. The van der Waals surface area contributed by atoms with Crippen molar-refractivity contribution in [3.63, 3.8) is 0 Å². The van der Waals surface area contributed by atoms with Crippen LogP contribution in [0.4, 0.5) is 0 Å². The Morgan fingerprint density at radius 1 is 1.41 bits per heavy atom. The Hall–Kier alpha value is -0.650. The average Bonchev–Trinajstić information content (AvgIpc) is 2.89. The fraction of sp³-hybridized carbons (Fsp3) is 0.647. The maximum atomic E-state index is 10.2. The first-order chi connectivity index (χ1) is 10.4. The average molecular weight is 328 g/mol. The van der Waals surface area contributed by atoms with E-state index in [0.29, 0.717) is 18.2 Å². The summed E-state index contributed by atoms with van der Waals surface area (Å²) in [7, 11) is 0. The zero-order valence-corrected chi connectivity index (χ0v) is 14.1. The normalized spacial score (nSPS) is 21.2. The van der Waals surface area contributed by atoms with Gasteiger partial charge in [-0.1, -0.05) is 29.8 Å². The Bertz CT molecular complexity index is 475. The second kappa shape index (κ2) is 7.75. The van der Waals surface area contributed by atoms with Gasteiger partial charge in [0, 0.05) is 17.6 Å². The maximum Gasteiger partial charge on any atom is 0.0900 e. The van der Waals surface area contributed by atoms with Crippen molar-refractivity contribution in [3.05, 3.63) is 34.9 Å². The summed E-state index contributed by atoms with van der Waals surface area (Å²) in [6.45, 7) is 5.76. The number of halogens is 1. The van der Waals surface area contributed by atoms with E-state index in [0.717, 1.165) is 24.9 Å². The van der Waals surface area contributed by atoms with Gasteiger partial charge in [-0.15, -0.1) is 0 Å². The van der Waals surface area contributed by atoms with E-state index in [9.17, 15) is 10.2 Å². The van der Waals surface area contributed by atoms with Gasteiger partial charge in [0.05, 0.1) is 24.9 Å². The van der Waals surface area contributed by atoms with Crippen LogP contribution < -0.4 is 0 Å². The predicted octanol–water partition coefficient (Wildman–Crippen LogP) is 2.45. The van der Waals surface area contributed by atoms with Crippen molar-refractivity contribution < 1.29 is 14.9 Å². The number of ether oxygens (including phenoxy) is 1. The van der Waals surface area contributed by atoms with E-state index in [1.165, 1.54) is 0 Å². The lowest BCUT2D eigenvalue weighted by Crippen LogP contribution is -2.48. The quantitative estimate of drug-likeness (QED) is 0.807. The largest absolute Gasteiger partial charge is 0.389 e. The van der Waals surface area contributed by atoms with Crippen LogP contribution in [0.2, 0.25) is 5.02 Å². The van der Waals surface area contributed by atoms with E-state index in [1.807, 2.05) is 38.1 Å². The second-order valence-corrected chi connectivity index (χ2v) is 6.97. The molecule has 2 rings (SSSR count). The van der Waals surface area contributed by atoms with Crippen molar-refractivity contribution in [2.24, 2.45) is 0 Å². The molecule has 0 saturated carbocycles. The first-order valence-electron chi connectivity index (χ1n) is 7.83. The summed E-state index contributed by atoms with van der Waals surface area (Å²) in [4.78, 5) is 2.16. The Morgan fingerprint density at radius 2 is 2.14 bits per heavy atom. The van der Waals surface area contributed by atoms with Crippen molar-refractivity contribution in [1.82, 2.24) is 4.90 Å². The number of hydrogen-bond donors (Lipinski definition) is 2. The van der Waals surface area contributed by atoms with Gasteiger partial charge < -0.3 is 14.9 Å². The molecule has 0 bridgehead atoms. The minimum atomic E-state index is -0.741. The van der Waals surface area contributed by atoms with Crippen molar-refractivity contribution in [1.29, 1.82) is 0 Å². The third-order valence-corrected chi connectivity index (χ3v) is 4.52. The van der Waals surface area contributed by atoms with Crippen LogP contribution in [0.3, 0.4) is 0 Å². The summed E-state index contributed by atoms with van der Waals surface area (Å²) < 4.78 is 5.57. The maximum absolute atomic E-state index is 10.2. The molecule has 1 fully saturated rings. The molecule has 1 aliphatic heterocycles. The predicted molar refractivity (Wildman–Crippen MR) is 88.0 cm³/mol. The van der Waals surface area contributed by atoms with Crippen LogP contribution in [0.1, 0.15) is 32.3 Å². The number of hydrogen-bond acceptors (Lipinski definition) is 4. The van der Waals surface area contributed by atoms with Gasteiger partial charge in [-0.2, -0.15) is 0 Å². The topological polar surface area (TPSA) is 52.9 Å². The van der Waals surface area contributed by atoms with Crippen LogP contribution in [-0.4, -0.2) is 52.6 Å². The van der Waals surface area contributed by atoms with Crippen molar-refractivity contribution in [3.8, 4) is 0 Å². The molecule has 1 saturated heterocycles. The third-order valence-electron chi connectivity index (χ3n) is 4.15. The molecule has 5 heteroatoms. The van der Waals surface area contributed by atoms with Gasteiger partial charge in [0.1, 0.15) is 0 Å². The fourth-order valence-electron chi connectivity index (χ4n) is 3.09. The molecule has 0 amide bonds. The molecule has 0 spiro atoms. The van der Waals surface area contributed by atoms with E-state index in [4.69, 9.17) is 16.3 Å².